The van der Waals surface area contributed by atoms with Gasteiger partial charge >= 0.3 is 0 Å². The first-order valence-corrected chi connectivity index (χ1v) is 24.6. The summed E-state index contributed by atoms with van der Waals surface area (Å²) in [5.41, 5.74) is 24.7. The van der Waals surface area contributed by atoms with Crippen LogP contribution < -0.4 is 0 Å². The molecule has 1 spiro atoms. The van der Waals surface area contributed by atoms with Crippen molar-refractivity contribution in [2.45, 2.75) is 131 Å². The average molecular weight is 867 g/mol. The molecule has 2 atom stereocenters. The zero-order valence-corrected chi connectivity index (χ0v) is 42.4. The zero-order chi connectivity index (χ0) is 47.4. The smallest absolute Gasteiger partial charge is 0.0441 e. The van der Waals surface area contributed by atoms with Gasteiger partial charge in [0.05, 0.1) is 0 Å². The topological polar surface area (TPSA) is 0 Å². The van der Waals surface area contributed by atoms with E-state index in [0.29, 0.717) is 0 Å². The van der Waals surface area contributed by atoms with Crippen molar-refractivity contribution < 1.29 is 0 Å². The summed E-state index contributed by atoms with van der Waals surface area (Å²) in [6, 6.07) is 59.4. The number of hydrogen-bond donors (Lipinski definition) is 0. The number of allylic oxidation sites excluding steroid dienone is 4. The van der Waals surface area contributed by atoms with Crippen molar-refractivity contribution in [2.75, 3.05) is 0 Å². The van der Waals surface area contributed by atoms with Gasteiger partial charge in [-0.2, -0.15) is 0 Å². The van der Waals surface area contributed by atoms with E-state index < -0.39 is 0 Å². The minimum atomic E-state index is -0.162. The summed E-state index contributed by atoms with van der Waals surface area (Å²) < 4.78 is 0. The Kier molecular flexibility index (Phi) is 14.1. The third kappa shape index (κ3) is 8.61. The second kappa shape index (κ2) is 19.5. The standard InChI is InChI=1S/C28H28.C23H28.C13H12.C2H6/c1-5-13-25-22(6-2)24-18-12-14-20(3)27(24)28(25,4)26-19-11-10-17-23(26)21-15-8-7-9-16-21;1-15-11-12-19-20(16(15)2)22(5,6)14-23(19)13-21(3,4)17-9-7-8-10-18(17)23;1-11-7-9-13(10-8-11)12-5-3-2-4-6-12;1-2/h6-19H,5H2,1-4H3;7-12H,13-14H2,1-6H3;2-10H,1H3;1-2H3/b22-6-,25-13+;;;. The van der Waals surface area contributed by atoms with Gasteiger partial charge in [-0.25, -0.2) is 0 Å². The van der Waals surface area contributed by atoms with Gasteiger partial charge in [-0.3, -0.25) is 0 Å². The van der Waals surface area contributed by atoms with Crippen molar-refractivity contribution in [2.24, 2.45) is 0 Å². The van der Waals surface area contributed by atoms with Crippen LogP contribution in [0, 0.1) is 27.7 Å². The van der Waals surface area contributed by atoms with E-state index in [0.717, 1.165) is 6.42 Å². The first-order chi connectivity index (χ1) is 31.7. The number of fused-ring (bicyclic) bond motifs is 5. The van der Waals surface area contributed by atoms with E-state index in [9.17, 15) is 0 Å². The minimum Gasteiger partial charge on any atom is -0.0797 e. The summed E-state index contributed by atoms with van der Waals surface area (Å²) >= 11 is 0. The largest absolute Gasteiger partial charge is 0.0797 e. The quantitative estimate of drug-likeness (QED) is 0.165. The molecule has 10 rings (SSSR count). The molecule has 0 nitrogen and oxygen atoms in total. The van der Waals surface area contributed by atoms with Crippen molar-refractivity contribution in [3.63, 3.8) is 0 Å². The highest BCUT2D eigenvalue weighted by molar-refractivity contribution is 5.93. The lowest BCUT2D eigenvalue weighted by atomic mass is 9.70. The monoisotopic (exact) mass is 867 g/mol. The third-order valence-electron chi connectivity index (χ3n) is 14.9. The van der Waals surface area contributed by atoms with Crippen LogP contribution in [0.3, 0.4) is 0 Å². The molecule has 0 N–H and O–H groups in total. The maximum atomic E-state index is 2.45. The van der Waals surface area contributed by atoms with Gasteiger partial charge in [-0.15, -0.1) is 0 Å². The van der Waals surface area contributed by atoms with E-state index in [2.05, 4.69) is 246 Å². The van der Waals surface area contributed by atoms with E-state index in [4.69, 9.17) is 0 Å². The van der Waals surface area contributed by atoms with Crippen molar-refractivity contribution in [1.29, 1.82) is 0 Å². The predicted molar refractivity (Wildman–Crippen MR) is 288 cm³/mol. The molecule has 0 saturated heterocycles. The van der Waals surface area contributed by atoms with Crippen LogP contribution in [0.2, 0.25) is 0 Å². The molecule has 2 unspecified atom stereocenters. The maximum Gasteiger partial charge on any atom is 0.0441 e. The van der Waals surface area contributed by atoms with Crippen molar-refractivity contribution >= 4 is 5.57 Å². The van der Waals surface area contributed by atoms with Gasteiger partial charge in [0, 0.05) is 10.8 Å². The molecule has 0 radical (unpaired) electrons. The average Bonchev–Trinajstić information content (AvgIpc) is 3.83. The van der Waals surface area contributed by atoms with Gasteiger partial charge in [0.25, 0.3) is 0 Å². The molecule has 3 aliphatic rings. The predicted octanol–water partition coefficient (Wildman–Crippen LogP) is 18.4. The van der Waals surface area contributed by atoms with Gasteiger partial charge < -0.3 is 0 Å². The summed E-state index contributed by atoms with van der Waals surface area (Å²) in [7, 11) is 0. The Hall–Kier alpha value is -5.98. The van der Waals surface area contributed by atoms with Crippen LogP contribution in [0.5, 0.6) is 0 Å². The lowest BCUT2D eigenvalue weighted by Crippen LogP contribution is -2.26. The fourth-order valence-electron chi connectivity index (χ4n) is 12.2. The van der Waals surface area contributed by atoms with Crippen LogP contribution in [0.25, 0.3) is 27.8 Å². The molecular weight excluding hydrogens is 793 g/mol. The van der Waals surface area contributed by atoms with Crippen molar-refractivity contribution in [3.05, 3.63) is 243 Å². The third-order valence-corrected chi connectivity index (χ3v) is 14.9. The highest BCUT2D eigenvalue weighted by atomic mass is 14.6. The SMILES string of the molecule is C/C=C1\C(=C/CC)C(C)(c2ccccc2-c2ccccc2)c2c(C)cccc21.CC.Cc1ccc(-c2ccccc2)cc1.Cc1ccc2c(c1C)C(C)(C)CC21CC(C)(C)c2ccccc21. The second-order valence-electron chi connectivity index (χ2n) is 20.2. The van der Waals surface area contributed by atoms with Crippen molar-refractivity contribution in [1.82, 2.24) is 0 Å². The number of rotatable bonds is 4. The molecule has 0 aliphatic heterocycles. The molecule has 0 bridgehead atoms. The second-order valence-corrected chi connectivity index (χ2v) is 20.2. The van der Waals surface area contributed by atoms with Crippen LogP contribution in [0.15, 0.2) is 182 Å². The molecule has 0 amide bonds. The van der Waals surface area contributed by atoms with Crippen LogP contribution in [0.1, 0.15) is 143 Å². The summed E-state index contributed by atoms with van der Waals surface area (Å²) in [6.07, 6.45) is 8.22. The first-order valence-electron chi connectivity index (χ1n) is 24.6. The van der Waals surface area contributed by atoms with Crippen LogP contribution in [-0.2, 0) is 21.7 Å². The summed E-state index contributed by atoms with van der Waals surface area (Å²) in [6.45, 7) is 29.5. The Bertz CT molecular complexity index is 2850. The molecule has 0 fully saturated rings. The summed E-state index contributed by atoms with van der Waals surface area (Å²) in [4.78, 5) is 0. The fraction of sp³-hybridized carbons (Fsp3) is 0.303. The molecule has 66 heavy (non-hydrogen) atoms. The van der Waals surface area contributed by atoms with Crippen molar-refractivity contribution in [3.8, 4) is 22.3 Å². The van der Waals surface area contributed by atoms with E-state index in [1.54, 1.807) is 22.3 Å². The number of benzene rings is 7. The zero-order valence-electron chi connectivity index (χ0n) is 42.4. The lowest BCUT2D eigenvalue weighted by Gasteiger charge is -2.32. The van der Waals surface area contributed by atoms with Gasteiger partial charge in [0.1, 0.15) is 0 Å². The molecular formula is C66H74. The molecule has 0 heterocycles. The van der Waals surface area contributed by atoms with Crippen LogP contribution in [-0.4, -0.2) is 0 Å². The van der Waals surface area contributed by atoms with Crippen LogP contribution in [0.4, 0.5) is 0 Å². The molecule has 338 valence electrons. The Morgan fingerprint density at radius 2 is 0.985 bits per heavy atom. The highest BCUT2D eigenvalue weighted by Crippen LogP contribution is 2.63. The first kappa shape index (κ1) is 48.0. The van der Waals surface area contributed by atoms with E-state index in [1.807, 2.05) is 19.9 Å². The summed E-state index contributed by atoms with van der Waals surface area (Å²) in [5, 5.41) is 0. The molecule has 7 aromatic rings. The minimum absolute atomic E-state index is 0.162. The molecule has 0 heteroatoms. The number of hydrogen-bond acceptors (Lipinski definition) is 0. The Balaban J connectivity index is 0.000000153. The van der Waals surface area contributed by atoms with Gasteiger partial charge in [0.15, 0.2) is 0 Å². The Labute approximate surface area is 399 Å². The molecule has 0 saturated carbocycles. The van der Waals surface area contributed by atoms with E-state index >= 15 is 0 Å². The molecule has 0 aromatic heterocycles. The molecule has 3 aliphatic carbocycles. The summed E-state index contributed by atoms with van der Waals surface area (Å²) in [5.74, 6) is 0. The van der Waals surface area contributed by atoms with E-state index in [-0.39, 0.29) is 21.7 Å². The Morgan fingerprint density at radius 1 is 0.455 bits per heavy atom. The molecule has 7 aromatic carbocycles. The van der Waals surface area contributed by atoms with E-state index in [1.165, 1.54) is 85.2 Å². The normalized spacial score (nSPS) is 20.3. The van der Waals surface area contributed by atoms with Gasteiger partial charge in [-0.1, -0.05) is 230 Å². The number of aryl methyl sites for hydroxylation is 3. The Morgan fingerprint density at radius 3 is 1.61 bits per heavy atom. The highest BCUT2D eigenvalue weighted by Gasteiger charge is 2.56. The van der Waals surface area contributed by atoms with Crippen LogP contribution >= 0.6 is 0 Å². The fourth-order valence-corrected chi connectivity index (χ4v) is 12.2. The maximum absolute atomic E-state index is 2.45. The lowest BCUT2D eigenvalue weighted by molar-refractivity contribution is 0.349. The van der Waals surface area contributed by atoms with Gasteiger partial charge in [0.2, 0.25) is 0 Å². The van der Waals surface area contributed by atoms with Gasteiger partial charge in [-0.05, 0) is 161 Å².